The van der Waals surface area contributed by atoms with Crippen molar-refractivity contribution in [2.75, 3.05) is 0 Å². The highest BCUT2D eigenvalue weighted by molar-refractivity contribution is 5.69. The quantitative estimate of drug-likeness (QED) is 0.121. The van der Waals surface area contributed by atoms with Crippen LogP contribution in [0.2, 0.25) is 0 Å². The van der Waals surface area contributed by atoms with Crippen molar-refractivity contribution >= 4 is 18.1 Å². The Labute approximate surface area is 198 Å². The summed E-state index contributed by atoms with van der Waals surface area (Å²) < 4.78 is 4.69. The molecule has 0 fully saturated rings. The van der Waals surface area contributed by atoms with Gasteiger partial charge in [-0.05, 0) is 17.5 Å². The Kier molecular flexibility index (Phi) is 22.0. The molecular weight excluding hydrogens is 392 g/mol. The van der Waals surface area contributed by atoms with E-state index >= 15 is 0 Å². The van der Waals surface area contributed by atoms with Crippen molar-refractivity contribution in [2.45, 2.75) is 110 Å². The Hall–Kier alpha value is -2.09. The number of hydrogen-bond acceptors (Lipinski definition) is 2. The minimum absolute atomic E-state index is 0.148. The first kappa shape index (κ1) is 29.9. The van der Waals surface area contributed by atoms with Crippen LogP contribution in [-0.2, 0) is 9.53 Å². The van der Waals surface area contributed by atoms with Crippen LogP contribution < -0.4 is 0 Å². The van der Waals surface area contributed by atoms with Gasteiger partial charge < -0.3 is 4.74 Å². The van der Waals surface area contributed by atoms with Gasteiger partial charge in [-0.1, -0.05) is 153 Å². The highest BCUT2D eigenvalue weighted by Gasteiger charge is 2.00. The second-order valence-corrected chi connectivity index (χ2v) is 8.39. The third-order valence-electron chi connectivity index (χ3n) is 5.64. The Morgan fingerprint density at radius 3 is 1.41 bits per heavy atom. The molecule has 0 atom stereocenters. The molecule has 1 aromatic rings. The number of benzene rings is 1. The summed E-state index contributed by atoms with van der Waals surface area (Å²) in [6.45, 7) is 13.0. The van der Waals surface area contributed by atoms with Gasteiger partial charge >= 0.3 is 5.97 Å². The number of carbonyl (C=O) groups excluding carboxylic acids is 1. The summed E-state index contributed by atoms with van der Waals surface area (Å²) in [6, 6.07) is 8.02. The first-order valence-electron chi connectivity index (χ1n) is 12.8. The zero-order valence-electron chi connectivity index (χ0n) is 20.8. The highest BCUT2D eigenvalue weighted by atomic mass is 16.5. The molecule has 0 aliphatic heterocycles. The van der Waals surface area contributed by atoms with Crippen molar-refractivity contribution in [3.8, 4) is 0 Å². The van der Waals surface area contributed by atoms with Gasteiger partial charge in [-0.15, -0.1) is 0 Å². The van der Waals surface area contributed by atoms with Crippen LogP contribution in [0.1, 0.15) is 121 Å². The predicted octanol–water partition coefficient (Wildman–Crippen LogP) is 9.91. The predicted molar refractivity (Wildman–Crippen MR) is 142 cm³/mol. The zero-order chi connectivity index (χ0) is 23.7. The molecule has 0 aromatic heterocycles. The molecule has 0 amide bonds. The van der Waals surface area contributed by atoms with Gasteiger partial charge in [-0.2, -0.15) is 0 Å². The molecule has 0 saturated heterocycles. The van der Waals surface area contributed by atoms with Crippen molar-refractivity contribution in [1.82, 2.24) is 0 Å². The van der Waals surface area contributed by atoms with Crippen molar-refractivity contribution in [1.29, 1.82) is 0 Å². The Balaban J connectivity index is 0.000000792. The largest absolute Gasteiger partial charge is 0.435 e. The number of esters is 1. The van der Waals surface area contributed by atoms with Crippen LogP contribution in [0, 0.1) is 0 Å². The minimum atomic E-state index is -0.148. The molecule has 32 heavy (non-hydrogen) atoms. The lowest BCUT2D eigenvalue weighted by Gasteiger charge is -2.03. The van der Waals surface area contributed by atoms with Gasteiger partial charge in [0.2, 0.25) is 0 Å². The highest BCUT2D eigenvalue weighted by Crippen LogP contribution is 2.14. The van der Waals surface area contributed by atoms with E-state index in [1.807, 2.05) is 36.4 Å². The van der Waals surface area contributed by atoms with Crippen LogP contribution in [0.3, 0.4) is 0 Å². The summed E-state index contributed by atoms with van der Waals surface area (Å²) >= 11 is 0. The lowest BCUT2D eigenvalue weighted by Crippen LogP contribution is -1.98. The van der Waals surface area contributed by atoms with Gasteiger partial charge in [0, 0.05) is 6.42 Å². The zero-order valence-corrected chi connectivity index (χ0v) is 20.8. The maximum Gasteiger partial charge on any atom is 0.310 e. The number of ether oxygens (including phenoxy) is 1. The molecule has 2 heteroatoms. The van der Waals surface area contributed by atoms with Crippen molar-refractivity contribution in [3.63, 3.8) is 0 Å². The molecule has 0 N–H and O–H groups in total. The fraction of sp³-hybridized carbons (Fsp3) is 0.567. The first-order chi connectivity index (χ1) is 15.7. The summed E-state index contributed by atoms with van der Waals surface area (Å²) in [5.74, 6) is -0.148. The molecule has 180 valence electrons. The molecule has 0 unspecified atom stereocenters. The number of carbonyl (C=O) groups is 1. The van der Waals surface area contributed by atoms with Crippen LogP contribution in [0.5, 0.6) is 0 Å². The smallest absolute Gasteiger partial charge is 0.310 e. The van der Waals surface area contributed by atoms with Gasteiger partial charge in [0.1, 0.15) is 0 Å². The molecule has 0 heterocycles. The van der Waals surface area contributed by atoms with Gasteiger partial charge in [0.25, 0.3) is 0 Å². The van der Waals surface area contributed by atoms with E-state index in [2.05, 4.69) is 31.4 Å². The fourth-order valence-electron chi connectivity index (χ4n) is 3.68. The molecule has 0 radical (unpaired) electrons. The summed E-state index contributed by atoms with van der Waals surface area (Å²) in [4.78, 5) is 11.1. The number of unbranched alkanes of at least 4 members (excludes halogenated alkanes) is 14. The van der Waals surface area contributed by atoms with Crippen molar-refractivity contribution in [3.05, 3.63) is 61.4 Å². The van der Waals surface area contributed by atoms with Crippen LogP contribution >= 0.6 is 0 Å². The molecule has 0 saturated carbocycles. The Morgan fingerprint density at radius 2 is 1.06 bits per heavy atom. The summed E-state index contributed by atoms with van der Waals surface area (Å²) in [5.41, 5.74) is 2.27. The minimum Gasteiger partial charge on any atom is -0.435 e. The van der Waals surface area contributed by atoms with Gasteiger partial charge in [0.05, 0.1) is 6.26 Å². The van der Waals surface area contributed by atoms with E-state index in [-0.39, 0.29) is 5.97 Å². The van der Waals surface area contributed by atoms with Crippen LogP contribution in [-0.4, -0.2) is 5.97 Å². The SMILES string of the molecule is C=COC(=O)CCCCCCCCCCCCCCCCC.C=Cc1ccccc1C=C. The van der Waals surface area contributed by atoms with Crippen LogP contribution in [0.4, 0.5) is 0 Å². The van der Waals surface area contributed by atoms with E-state index in [1.54, 1.807) is 0 Å². The van der Waals surface area contributed by atoms with Gasteiger partial charge in [-0.3, -0.25) is 4.79 Å². The maximum atomic E-state index is 11.1. The van der Waals surface area contributed by atoms with E-state index in [9.17, 15) is 4.79 Å². The molecular formula is C30H48O2. The monoisotopic (exact) mass is 440 g/mol. The molecule has 0 spiro atoms. The lowest BCUT2D eigenvalue weighted by atomic mass is 10.0. The molecule has 0 aliphatic carbocycles. The second-order valence-electron chi connectivity index (χ2n) is 8.39. The number of hydrogen-bond donors (Lipinski definition) is 0. The van der Waals surface area contributed by atoms with E-state index < -0.39 is 0 Å². The molecule has 0 bridgehead atoms. The van der Waals surface area contributed by atoms with E-state index in [0.717, 1.165) is 24.0 Å². The molecule has 2 nitrogen and oxygen atoms in total. The Morgan fingerprint density at radius 1 is 0.688 bits per heavy atom. The summed E-state index contributed by atoms with van der Waals surface area (Å²) in [5, 5.41) is 0. The van der Waals surface area contributed by atoms with Gasteiger partial charge in [0.15, 0.2) is 0 Å². The van der Waals surface area contributed by atoms with Gasteiger partial charge in [-0.25, -0.2) is 0 Å². The topological polar surface area (TPSA) is 26.3 Å². The third-order valence-corrected chi connectivity index (χ3v) is 5.64. The van der Waals surface area contributed by atoms with Crippen LogP contribution in [0.25, 0.3) is 12.2 Å². The second kappa shape index (κ2) is 23.6. The number of rotatable bonds is 19. The summed E-state index contributed by atoms with van der Waals surface area (Å²) in [7, 11) is 0. The average molecular weight is 441 g/mol. The lowest BCUT2D eigenvalue weighted by molar-refractivity contribution is -0.138. The van der Waals surface area contributed by atoms with E-state index in [4.69, 9.17) is 0 Å². The molecule has 1 aromatic carbocycles. The Bertz CT molecular complexity index is 576. The molecule has 0 aliphatic rings. The van der Waals surface area contributed by atoms with Crippen LogP contribution in [0.15, 0.2) is 50.3 Å². The maximum absolute atomic E-state index is 11.1. The first-order valence-corrected chi connectivity index (χ1v) is 12.8. The van der Waals surface area contributed by atoms with E-state index in [0.29, 0.717) is 6.42 Å². The summed E-state index contributed by atoms with van der Waals surface area (Å²) in [6.07, 6.45) is 25.6. The van der Waals surface area contributed by atoms with Crippen molar-refractivity contribution < 1.29 is 9.53 Å². The fourth-order valence-corrected chi connectivity index (χ4v) is 3.68. The van der Waals surface area contributed by atoms with Crippen molar-refractivity contribution in [2.24, 2.45) is 0 Å². The molecule has 1 rings (SSSR count). The normalized spacial score (nSPS) is 10.0. The average Bonchev–Trinajstić information content (AvgIpc) is 2.82. The third kappa shape index (κ3) is 18.7. The van der Waals surface area contributed by atoms with E-state index in [1.165, 1.54) is 89.7 Å². The standard InChI is InChI=1S/C20H38O2.C10H10/c1-3-5-6-7-8-9-10-11-12-13-14-15-16-17-18-19-20(21)22-4-2;1-3-9-7-5-6-8-10(9)4-2/h4H,2-3,5-19H2,1H3;3-8H,1-2H2.